The molecule has 39 heavy (non-hydrogen) atoms. The van der Waals surface area contributed by atoms with Gasteiger partial charge in [-0.1, -0.05) is 30.3 Å². The first kappa shape index (κ1) is 29.5. The number of ether oxygens (including phenoxy) is 4. The number of anilines is 1. The van der Waals surface area contributed by atoms with E-state index < -0.39 is 5.91 Å². The van der Waals surface area contributed by atoms with Gasteiger partial charge in [0.2, 0.25) is 0 Å². The number of carbonyl (C=O) groups is 2. The van der Waals surface area contributed by atoms with Crippen LogP contribution in [0.1, 0.15) is 21.5 Å². The molecule has 0 aliphatic carbocycles. The standard InChI is InChI=1S/C28H27BrClN3O6/c1-5-10-38-23-9-7-19(13-24(23)36-3)28(35)33-31-15-18-11-21(29)27(25(12-18)37-4)39-16-26(34)32-20-8-6-17(2)22(30)14-20/h5-9,11-15H,1,10,16H2,2-4H3,(H,32,34)(H,33,35)/b31-15+. The van der Waals surface area contributed by atoms with Crippen molar-refractivity contribution in [1.82, 2.24) is 5.43 Å². The Hall–Kier alpha value is -4.02. The number of hydrogen-bond donors (Lipinski definition) is 2. The van der Waals surface area contributed by atoms with Crippen molar-refractivity contribution in [3.8, 4) is 23.0 Å². The zero-order valence-electron chi connectivity index (χ0n) is 21.5. The second-order valence-electron chi connectivity index (χ2n) is 8.00. The van der Waals surface area contributed by atoms with Gasteiger partial charge in [-0.15, -0.1) is 0 Å². The van der Waals surface area contributed by atoms with E-state index in [0.717, 1.165) is 5.56 Å². The average molecular weight is 617 g/mol. The highest BCUT2D eigenvalue weighted by Gasteiger charge is 2.14. The van der Waals surface area contributed by atoms with Crippen molar-refractivity contribution in [2.45, 2.75) is 6.92 Å². The van der Waals surface area contributed by atoms with Crippen LogP contribution in [0.2, 0.25) is 5.02 Å². The van der Waals surface area contributed by atoms with Crippen LogP contribution in [0, 0.1) is 6.92 Å². The molecule has 0 saturated carbocycles. The molecule has 0 aliphatic rings. The zero-order valence-corrected chi connectivity index (χ0v) is 23.9. The summed E-state index contributed by atoms with van der Waals surface area (Å²) in [6.45, 7) is 5.54. The van der Waals surface area contributed by atoms with Gasteiger partial charge < -0.3 is 24.3 Å². The predicted molar refractivity (Wildman–Crippen MR) is 155 cm³/mol. The lowest BCUT2D eigenvalue weighted by molar-refractivity contribution is -0.118. The minimum Gasteiger partial charge on any atom is -0.493 e. The number of aryl methyl sites for hydroxylation is 1. The lowest BCUT2D eigenvalue weighted by Gasteiger charge is -2.14. The molecule has 3 rings (SSSR count). The summed E-state index contributed by atoms with van der Waals surface area (Å²) < 4.78 is 22.4. The van der Waals surface area contributed by atoms with Crippen molar-refractivity contribution in [2.75, 3.05) is 32.8 Å². The van der Waals surface area contributed by atoms with Crippen LogP contribution in [0.3, 0.4) is 0 Å². The molecule has 204 valence electrons. The molecule has 0 spiro atoms. The van der Waals surface area contributed by atoms with Gasteiger partial charge >= 0.3 is 0 Å². The first-order valence-corrected chi connectivity index (χ1v) is 12.7. The molecular weight excluding hydrogens is 590 g/mol. The van der Waals surface area contributed by atoms with Crippen LogP contribution in [-0.4, -0.2) is 45.5 Å². The Bertz CT molecular complexity index is 1400. The number of halogens is 2. The maximum atomic E-state index is 12.6. The maximum absolute atomic E-state index is 12.6. The third kappa shape index (κ3) is 8.23. The molecule has 0 fully saturated rings. The number of methoxy groups -OCH3 is 2. The fraction of sp³-hybridized carbons (Fsp3) is 0.179. The molecule has 0 aromatic heterocycles. The van der Waals surface area contributed by atoms with Crippen LogP contribution in [0.25, 0.3) is 0 Å². The summed E-state index contributed by atoms with van der Waals surface area (Å²) in [4.78, 5) is 24.9. The Morgan fingerprint density at radius 1 is 1.03 bits per heavy atom. The van der Waals surface area contributed by atoms with Gasteiger partial charge in [0, 0.05) is 16.3 Å². The van der Waals surface area contributed by atoms with E-state index in [4.69, 9.17) is 30.5 Å². The molecule has 2 N–H and O–H groups in total. The molecule has 3 aromatic rings. The molecule has 0 unspecified atom stereocenters. The summed E-state index contributed by atoms with van der Waals surface area (Å²) in [6.07, 6.45) is 3.06. The van der Waals surface area contributed by atoms with Crippen LogP contribution >= 0.6 is 27.5 Å². The van der Waals surface area contributed by atoms with E-state index in [-0.39, 0.29) is 12.5 Å². The van der Waals surface area contributed by atoms with Crippen LogP contribution < -0.4 is 29.7 Å². The predicted octanol–water partition coefficient (Wildman–Crippen LogP) is 5.77. The first-order chi connectivity index (χ1) is 18.7. The van der Waals surface area contributed by atoms with Crippen LogP contribution in [0.4, 0.5) is 5.69 Å². The Kier molecular flexibility index (Phi) is 10.8. The second-order valence-corrected chi connectivity index (χ2v) is 9.26. The topological polar surface area (TPSA) is 107 Å². The van der Waals surface area contributed by atoms with Crippen molar-refractivity contribution >= 4 is 51.2 Å². The number of hydrogen-bond acceptors (Lipinski definition) is 7. The Balaban J connectivity index is 1.63. The molecule has 9 nitrogen and oxygen atoms in total. The van der Waals surface area contributed by atoms with Crippen molar-refractivity contribution in [3.63, 3.8) is 0 Å². The van der Waals surface area contributed by atoms with Gasteiger partial charge in [-0.2, -0.15) is 5.10 Å². The van der Waals surface area contributed by atoms with Crippen molar-refractivity contribution in [3.05, 3.63) is 87.4 Å². The normalized spacial score (nSPS) is 10.6. The van der Waals surface area contributed by atoms with Crippen LogP contribution in [0.5, 0.6) is 23.0 Å². The van der Waals surface area contributed by atoms with Gasteiger partial charge in [0.1, 0.15) is 6.61 Å². The summed E-state index contributed by atoms with van der Waals surface area (Å²) in [5, 5.41) is 7.31. The molecule has 3 aromatic carbocycles. The highest BCUT2D eigenvalue weighted by Crippen LogP contribution is 2.36. The van der Waals surface area contributed by atoms with E-state index in [1.807, 2.05) is 13.0 Å². The number of hydrazone groups is 1. The minimum absolute atomic E-state index is 0.259. The monoisotopic (exact) mass is 615 g/mol. The molecule has 0 bridgehead atoms. The van der Waals surface area contributed by atoms with Gasteiger partial charge in [-0.25, -0.2) is 5.43 Å². The SMILES string of the molecule is C=CCOc1ccc(C(=O)N/N=C/c2cc(Br)c(OCC(=O)Nc3ccc(C)c(Cl)c3)c(OC)c2)cc1OC. The maximum Gasteiger partial charge on any atom is 0.271 e. The van der Waals surface area contributed by atoms with Gasteiger partial charge in [-0.05, 0) is 76.4 Å². The number of benzene rings is 3. The van der Waals surface area contributed by atoms with Crippen molar-refractivity contribution in [2.24, 2.45) is 5.10 Å². The highest BCUT2D eigenvalue weighted by molar-refractivity contribution is 9.10. The Morgan fingerprint density at radius 2 is 1.79 bits per heavy atom. The Labute approximate surface area is 239 Å². The third-order valence-corrected chi connectivity index (χ3v) is 6.21. The quantitative estimate of drug-likeness (QED) is 0.152. The molecule has 0 radical (unpaired) electrons. The molecule has 11 heteroatoms. The molecule has 0 heterocycles. The number of carbonyl (C=O) groups excluding carboxylic acids is 2. The minimum atomic E-state index is -0.438. The van der Waals surface area contributed by atoms with E-state index in [1.165, 1.54) is 20.4 Å². The van der Waals surface area contributed by atoms with E-state index >= 15 is 0 Å². The van der Waals surface area contributed by atoms with E-state index in [0.29, 0.717) is 55.9 Å². The number of nitrogens with zero attached hydrogens (tertiary/aromatic N) is 1. The number of rotatable bonds is 12. The summed E-state index contributed by atoms with van der Waals surface area (Å²) in [7, 11) is 2.96. The van der Waals surface area contributed by atoms with E-state index in [1.54, 1.807) is 48.5 Å². The van der Waals surface area contributed by atoms with E-state index in [9.17, 15) is 9.59 Å². The largest absolute Gasteiger partial charge is 0.493 e. The average Bonchev–Trinajstić information content (AvgIpc) is 2.92. The number of nitrogens with one attached hydrogen (secondary N) is 2. The molecule has 0 atom stereocenters. The molecule has 2 amide bonds. The fourth-order valence-electron chi connectivity index (χ4n) is 3.27. The summed E-state index contributed by atoms with van der Waals surface area (Å²) in [5.41, 5.74) is 4.89. The Morgan fingerprint density at radius 3 is 2.49 bits per heavy atom. The zero-order chi connectivity index (χ0) is 28.4. The van der Waals surface area contributed by atoms with Crippen LogP contribution in [0.15, 0.2) is 70.8 Å². The molecular formula is C28H27BrClN3O6. The van der Waals surface area contributed by atoms with Crippen molar-refractivity contribution < 1.29 is 28.5 Å². The molecule has 0 aliphatic heterocycles. The lowest BCUT2D eigenvalue weighted by Crippen LogP contribution is -2.20. The van der Waals surface area contributed by atoms with Crippen molar-refractivity contribution in [1.29, 1.82) is 0 Å². The fourth-order valence-corrected chi connectivity index (χ4v) is 4.02. The second kappa shape index (κ2) is 14.2. The van der Waals surface area contributed by atoms with Crippen LogP contribution in [-0.2, 0) is 4.79 Å². The molecule has 0 saturated heterocycles. The van der Waals surface area contributed by atoms with Gasteiger partial charge in [0.15, 0.2) is 29.6 Å². The summed E-state index contributed by atoms with van der Waals surface area (Å²) >= 11 is 9.55. The summed E-state index contributed by atoms with van der Waals surface area (Å²) in [5.74, 6) is 0.800. The lowest BCUT2D eigenvalue weighted by atomic mass is 10.2. The third-order valence-electron chi connectivity index (χ3n) is 5.22. The van der Waals surface area contributed by atoms with Gasteiger partial charge in [-0.3, -0.25) is 9.59 Å². The first-order valence-electron chi connectivity index (χ1n) is 11.6. The number of amides is 2. The van der Waals surface area contributed by atoms with E-state index in [2.05, 4.69) is 38.4 Å². The van der Waals surface area contributed by atoms with Gasteiger partial charge in [0.25, 0.3) is 11.8 Å². The summed E-state index contributed by atoms with van der Waals surface area (Å²) in [6, 6.07) is 13.4. The smallest absolute Gasteiger partial charge is 0.271 e. The van der Waals surface area contributed by atoms with Gasteiger partial charge in [0.05, 0.1) is 24.9 Å². The highest BCUT2D eigenvalue weighted by atomic mass is 79.9.